The van der Waals surface area contributed by atoms with Crippen molar-refractivity contribution in [3.05, 3.63) is 21.1 Å². The Morgan fingerprint density at radius 1 is 1.23 bits per heavy atom. The van der Waals surface area contributed by atoms with E-state index in [4.69, 9.17) is 0 Å². The Hall–Kier alpha value is -0.000519. The van der Waals surface area contributed by atoms with Crippen LogP contribution in [-0.4, -0.2) is 13.9 Å². The van der Waals surface area contributed by atoms with Crippen LogP contribution >= 0.6 is 0 Å². The predicted molar refractivity (Wildman–Crippen MR) is 62.1 cm³/mol. The van der Waals surface area contributed by atoms with Crippen molar-refractivity contribution >= 4 is 13.9 Å². The van der Waals surface area contributed by atoms with Gasteiger partial charge in [0.05, 0.1) is 0 Å². The molecule has 0 saturated carbocycles. The number of hydrogen-bond acceptors (Lipinski definition) is 0. The van der Waals surface area contributed by atoms with E-state index in [1.54, 1.807) is 4.47 Å². The van der Waals surface area contributed by atoms with Crippen LogP contribution in [0.15, 0.2) is 21.1 Å². The van der Waals surface area contributed by atoms with E-state index in [0.29, 0.717) is 5.41 Å². The van der Waals surface area contributed by atoms with Crippen molar-refractivity contribution in [2.24, 2.45) is 5.41 Å². The van der Waals surface area contributed by atoms with Gasteiger partial charge in [-0.25, -0.2) is 0 Å². The SMILES string of the molecule is CC1=C(C(C)(C)C)[Se](C(C)C)C=C1. The molecule has 0 amide bonds. The van der Waals surface area contributed by atoms with Crippen molar-refractivity contribution in [2.45, 2.75) is 46.4 Å². The van der Waals surface area contributed by atoms with Crippen LogP contribution in [-0.2, 0) is 0 Å². The van der Waals surface area contributed by atoms with Crippen LogP contribution in [0.3, 0.4) is 0 Å². The van der Waals surface area contributed by atoms with Crippen molar-refractivity contribution < 1.29 is 0 Å². The zero-order chi connectivity index (χ0) is 10.2. The third-order valence-corrected chi connectivity index (χ3v) is 8.23. The molecule has 75 valence electrons. The van der Waals surface area contributed by atoms with Gasteiger partial charge in [0.15, 0.2) is 0 Å². The summed E-state index contributed by atoms with van der Waals surface area (Å²) in [5, 5.41) is 0. The molecule has 1 aliphatic rings. The van der Waals surface area contributed by atoms with E-state index in [0.717, 1.165) is 4.82 Å². The van der Waals surface area contributed by atoms with Gasteiger partial charge in [-0.3, -0.25) is 0 Å². The Bertz CT molecular complexity index is 251. The second-order valence-corrected chi connectivity index (χ2v) is 9.95. The van der Waals surface area contributed by atoms with E-state index in [1.165, 1.54) is 5.57 Å². The first-order valence-electron chi connectivity index (χ1n) is 4.95. The zero-order valence-corrected chi connectivity index (χ0v) is 11.4. The molecule has 0 unspecified atom stereocenters. The Balaban J connectivity index is 3.01. The van der Waals surface area contributed by atoms with Gasteiger partial charge < -0.3 is 0 Å². The Morgan fingerprint density at radius 3 is 2.08 bits per heavy atom. The van der Waals surface area contributed by atoms with Crippen LogP contribution in [0.25, 0.3) is 0 Å². The van der Waals surface area contributed by atoms with E-state index in [2.05, 4.69) is 52.6 Å². The quantitative estimate of drug-likeness (QED) is 0.614. The molecule has 13 heavy (non-hydrogen) atoms. The molecule has 0 fully saturated rings. The first kappa shape index (κ1) is 11.1. The third kappa shape index (κ3) is 2.27. The first-order chi connectivity index (χ1) is 5.84. The molecule has 0 spiro atoms. The summed E-state index contributed by atoms with van der Waals surface area (Å²) in [7, 11) is 0. The molecule has 0 saturated heterocycles. The molecule has 0 nitrogen and oxygen atoms in total. The van der Waals surface area contributed by atoms with Gasteiger partial charge in [-0.05, 0) is 0 Å². The predicted octanol–water partition coefficient (Wildman–Crippen LogP) is 3.90. The molecule has 1 aliphatic heterocycles. The molecule has 0 aromatic rings. The molecule has 0 aliphatic carbocycles. The normalized spacial score (nSPS) is 19.3. The summed E-state index contributed by atoms with van der Waals surface area (Å²) in [6.45, 7) is 14.0. The van der Waals surface area contributed by atoms with Crippen LogP contribution in [0.5, 0.6) is 0 Å². The minimum absolute atomic E-state index is 0.377. The molecule has 0 aromatic heterocycles. The molecular weight excluding hydrogens is 223 g/mol. The molecule has 0 bridgehead atoms. The summed E-state index contributed by atoms with van der Waals surface area (Å²) >= 11 is -0.611. The van der Waals surface area contributed by atoms with Gasteiger partial charge in [0.2, 0.25) is 0 Å². The van der Waals surface area contributed by atoms with Gasteiger partial charge in [-0.2, -0.15) is 0 Å². The second-order valence-electron chi connectivity index (χ2n) is 4.99. The number of hydrogen-bond donors (Lipinski definition) is 0. The van der Waals surface area contributed by atoms with Crippen molar-refractivity contribution in [3.8, 4) is 0 Å². The first-order valence-corrected chi connectivity index (χ1v) is 7.79. The van der Waals surface area contributed by atoms with E-state index in [1.807, 2.05) is 0 Å². The van der Waals surface area contributed by atoms with Crippen molar-refractivity contribution in [1.82, 2.24) is 0 Å². The summed E-state index contributed by atoms with van der Waals surface area (Å²) < 4.78 is 1.75. The van der Waals surface area contributed by atoms with Crippen molar-refractivity contribution in [2.75, 3.05) is 0 Å². The fourth-order valence-corrected chi connectivity index (χ4v) is 6.92. The molecular formula is C12H21Se. The molecule has 0 N–H and O–H groups in total. The van der Waals surface area contributed by atoms with E-state index in [9.17, 15) is 0 Å². The summed E-state index contributed by atoms with van der Waals surface area (Å²) in [6, 6.07) is 0. The third-order valence-electron chi connectivity index (χ3n) is 2.25. The molecule has 0 atom stereocenters. The standard InChI is InChI=1S/C12H21Se/c1-9(2)13-8-7-10(3)11(13)12(4,5)6/h7-9H,1-6H3. The maximum absolute atomic E-state index is 2.49. The zero-order valence-electron chi connectivity index (χ0n) is 9.64. The molecule has 0 aromatic carbocycles. The van der Waals surface area contributed by atoms with Crippen molar-refractivity contribution in [1.29, 1.82) is 0 Å². The maximum atomic E-state index is 2.49. The molecule has 1 radical (unpaired) electrons. The summed E-state index contributed by atoms with van der Waals surface area (Å²) in [6.07, 6.45) is 2.34. The Kier molecular flexibility index (Phi) is 3.09. The average molecular weight is 244 g/mol. The monoisotopic (exact) mass is 245 g/mol. The number of rotatable bonds is 1. The molecule has 1 heterocycles. The van der Waals surface area contributed by atoms with E-state index >= 15 is 0 Å². The van der Waals surface area contributed by atoms with E-state index < -0.39 is 13.9 Å². The van der Waals surface area contributed by atoms with Crippen molar-refractivity contribution in [3.63, 3.8) is 0 Å². The van der Waals surface area contributed by atoms with Crippen LogP contribution in [0.1, 0.15) is 41.5 Å². The van der Waals surface area contributed by atoms with Gasteiger partial charge >= 0.3 is 86.8 Å². The van der Waals surface area contributed by atoms with Gasteiger partial charge in [0.1, 0.15) is 0 Å². The summed E-state index contributed by atoms with van der Waals surface area (Å²) in [5.74, 6) is 0. The number of allylic oxidation sites excluding steroid dienone is 3. The average Bonchev–Trinajstić information content (AvgIpc) is 2.28. The van der Waals surface area contributed by atoms with Gasteiger partial charge in [-0.1, -0.05) is 0 Å². The van der Waals surface area contributed by atoms with Gasteiger partial charge in [0, 0.05) is 0 Å². The second kappa shape index (κ2) is 3.63. The van der Waals surface area contributed by atoms with Crippen LogP contribution < -0.4 is 0 Å². The Labute approximate surface area is 87.0 Å². The van der Waals surface area contributed by atoms with Gasteiger partial charge in [-0.15, -0.1) is 0 Å². The molecule has 1 rings (SSSR count). The Morgan fingerprint density at radius 2 is 1.77 bits per heavy atom. The minimum atomic E-state index is -0.611. The topological polar surface area (TPSA) is 0 Å². The van der Waals surface area contributed by atoms with Crippen LogP contribution in [0.4, 0.5) is 0 Å². The fourth-order valence-electron chi connectivity index (χ4n) is 1.84. The molecule has 1 heteroatoms. The van der Waals surface area contributed by atoms with Gasteiger partial charge in [0.25, 0.3) is 0 Å². The fraction of sp³-hybridized carbons (Fsp3) is 0.667. The van der Waals surface area contributed by atoms with Crippen LogP contribution in [0.2, 0.25) is 4.82 Å². The van der Waals surface area contributed by atoms with E-state index in [-0.39, 0.29) is 0 Å². The summed E-state index contributed by atoms with van der Waals surface area (Å²) in [5.41, 5.74) is 1.91. The summed E-state index contributed by atoms with van der Waals surface area (Å²) in [4.78, 5) is 3.34. The van der Waals surface area contributed by atoms with Crippen LogP contribution in [0, 0.1) is 5.41 Å².